The molecule has 0 bridgehead atoms. The van der Waals surface area contributed by atoms with Gasteiger partial charge in [0.05, 0.1) is 11.8 Å². The van der Waals surface area contributed by atoms with Gasteiger partial charge in [-0.1, -0.05) is 0 Å². The summed E-state index contributed by atoms with van der Waals surface area (Å²) < 4.78 is 0. The average Bonchev–Trinajstić information content (AvgIpc) is 2.47. The van der Waals surface area contributed by atoms with Crippen LogP contribution in [0.15, 0.2) is 6.20 Å². The maximum atomic E-state index is 11.3. The molecule has 0 aromatic carbocycles. The van der Waals surface area contributed by atoms with Gasteiger partial charge in [0.1, 0.15) is 0 Å². The van der Waals surface area contributed by atoms with E-state index in [1.165, 1.54) is 6.20 Å². The predicted molar refractivity (Wildman–Crippen MR) is 44.7 cm³/mol. The van der Waals surface area contributed by atoms with Crippen molar-refractivity contribution in [3.8, 4) is 0 Å². The average molecular weight is 168 g/mol. The standard InChI is InChI=1S/C7H12N4O/c1-5-6(4-10-11-5)7(12)9-3-2-8/h4H,2-3,8H2,1H3,(H,9,12)(H,10,11). The van der Waals surface area contributed by atoms with Gasteiger partial charge in [-0.05, 0) is 6.92 Å². The fourth-order valence-corrected chi connectivity index (χ4v) is 0.861. The third-order valence-electron chi connectivity index (χ3n) is 1.50. The third kappa shape index (κ3) is 1.82. The summed E-state index contributed by atoms with van der Waals surface area (Å²) in [4.78, 5) is 11.3. The highest BCUT2D eigenvalue weighted by atomic mass is 16.1. The number of carbonyl (C=O) groups is 1. The summed E-state index contributed by atoms with van der Waals surface area (Å²) in [6, 6.07) is 0. The molecule has 0 fully saturated rings. The second-order valence-electron chi connectivity index (χ2n) is 2.45. The fourth-order valence-electron chi connectivity index (χ4n) is 0.861. The summed E-state index contributed by atoms with van der Waals surface area (Å²) in [5, 5.41) is 9.07. The van der Waals surface area contributed by atoms with Gasteiger partial charge in [-0.3, -0.25) is 9.89 Å². The van der Waals surface area contributed by atoms with E-state index >= 15 is 0 Å². The van der Waals surface area contributed by atoms with E-state index in [4.69, 9.17) is 5.73 Å². The van der Waals surface area contributed by atoms with Gasteiger partial charge < -0.3 is 11.1 Å². The molecule has 0 aliphatic rings. The number of amides is 1. The lowest BCUT2D eigenvalue weighted by atomic mass is 10.2. The SMILES string of the molecule is Cc1[nH]ncc1C(=O)NCCN. The van der Waals surface area contributed by atoms with Crippen LogP contribution in [0, 0.1) is 6.92 Å². The van der Waals surface area contributed by atoms with Crippen molar-refractivity contribution in [2.24, 2.45) is 5.73 Å². The Labute approximate surface area is 70.3 Å². The van der Waals surface area contributed by atoms with Crippen LogP contribution in [-0.4, -0.2) is 29.2 Å². The quantitative estimate of drug-likeness (QED) is 0.564. The van der Waals surface area contributed by atoms with E-state index in [-0.39, 0.29) is 5.91 Å². The Hall–Kier alpha value is -1.36. The maximum Gasteiger partial charge on any atom is 0.254 e. The van der Waals surface area contributed by atoms with Crippen LogP contribution in [0.4, 0.5) is 0 Å². The predicted octanol–water partition coefficient (Wildman–Crippen LogP) is -0.593. The zero-order chi connectivity index (χ0) is 8.97. The Morgan fingerprint density at radius 3 is 3.08 bits per heavy atom. The molecule has 0 saturated heterocycles. The number of nitrogens with zero attached hydrogens (tertiary/aromatic N) is 1. The van der Waals surface area contributed by atoms with Crippen molar-refractivity contribution >= 4 is 5.91 Å². The number of aryl methyl sites for hydroxylation is 1. The summed E-state index contributed by atoms with van der Waals surface area (Å²) in [5.41, 5.74) is 6.57. The third-order valence-corrected chi connectivity index (χ3v) is 1.50. The van der Waals surface area contributed by atoms with Gasteiger partial charge in [-0.25, -0.2) is 0 Å². The van der Waals surface area contributed by atoms with E-state index in [2.05, 4.69) is 15.5 Å². The molecule has 0 unspecified atom stereocenters. The Morgan fingerprint density at radius 2 is 2.58 bits per heavy atom. The Kier molecular flexibility index (Phi) is 2.82. The van der Waals surface area contributed by atoms with Gasteiger partial charge >= 0.3 is 0 Å². The number of nitrogens with two attached hydrogens (primary N) is 1. The van der Waals surface area contributed by atoms with Crippen molar-refractivity contribution in [1.82, 2.24) is 15.5 Å². The first-order valence-corrected chi connectivity index (χ1v) is 3.74. The number of hydrogen-bond acceptors (Lipinski definition) is 3. The smallest absolute Gasteiger partial charge is 0.254 e. The minimum absolute atomic E-state index is 0.133. The molecule has 1 rings (SSSR count). The zero-order valence-electron chi connectivity index (χ0n) is 6.92. The normalized spacial score (nSPS) is 9.83. The largest absolute Gasteiger partial charge is 0.351 e. The number of aromatic nitrogens is 2. The van der Waals surface area contributed by atoms with E-state index in [0.29, 0.717) is 18.7 Å². The number of carbonyl (C=O) groups excluding carboxylic acids is 1. The molecule has 0 spiro atoms. The van der Waals surface area contributed by atoms with Crippen LogP contribution in [0.3, 0.4) is 0 Å². The van der Waals surface area contributed by atoms with E-state index in [0.717, 1.165) is 5.69 Å². The van der Waals surface area contributed by atoms with Crippen molar-refractivity contribution in [2.75, 3.05) is 13.1 Å². The van der Waals surface area contributed by atoms with Gasteiger partial charge in [0, 0.05) is 18.8 Å². The second-order valence-corrected chi connectivity index (χ2v) is 2.45. The van der Waals surface area contributed by atoms with E-state index in [1.54, 1.807) is 6.92 Å². The van der Waals surface area contributed by atoms with Crippen molar-refractivity contribution in [1.29, 1.82) is 0 Å². The molecule has 0 radical (unpaired) electrons. The van der Waals surface area contributed by atoms with Crippen LogP contribution < -0.4 is 11.1 Å². The maximum absolute atomic E-state index is 11.3. The van der Waals surface area contributed by atoms with Crippen molar-refractivity contribution < 1.29 is 4.79 Å². The van der Waals surface area contributed by atoms with Gasteiger partial charge in [0.25, 0.3) is 5.91 Å². The number of H-pyrrole nitrogens is 1. The van der Waals surface area contributed by atoms with Gasteiger partial charge in [0.15, 0.2) is 0 Å². The van der Waals surface area contributed by atoms with Gasteiger partial charge in [0.2, 0.25) is 0 Å². The highest BCUT2D eigenvalue weighted by molar-refractivity contribution is 5.94. The molecule has 4 N–H and O–H groups in total. The molecule has 5 heteroatoms. The molecule has 0 saturated carbocycles. The zero-order valence-corrected chi connectivity index (χ0v) is 6.92. The van der Waals surface area contributed by atoms with Crippen LogP contribution in [0.5, 0.6) is 0 Å². The lowest BCUT2D eigenvalue weighted by molar-refractivity contribution is 0.0954. The molecular weight excluding hydrogens is 156 g/mol. The van der Waals surface area contributed by atoms with Crippen LogP contribution >= 0.6 is 0 Å². The molecule has 12 heavy (non-hydrogen) atoms. The van der Waals surface area contributed by atoms with Crippen LogP contribution in [-0.2, 0) is 0 Å². The lowest BCUT2D eigenvalue weighted by Crippen LogP contribution is -2.29. The van der Waals surface area contributed by atoms with E-state index in [9.17, 15) is 4.79 Å². The summed E-state index contributed by atoms with van der Waals surface area (Å²) >= 11 is 0. The molecule has 1 aromatic rings. The Morgan fingerprint density at radius 1 is 1.83 bits per heavy atom. The number of nitrogens with one attached hydrogen (secondary N) is 2. The molecule has 1 heterocycles. The summed E-state index contributed by atoms with van der Waals surface area (Å²) in [6.07, 6.45) is 1.50. The molecule has 1 aromatic heterocycles. The highest BCUT2D eigenvalue weighted by Gasteiger charge is 2.08. The van der Waals surface area contributed by atoms with E-state index in [1.807, 2.05) is 0 Å². The Balaban J connectivity index is 2.59. The summed E-state index contributed by atoms with van der Waals surface area (Å²) in [7, 11) is 0. The van der Waals surface area contributed by atoms with Gasteiger partial charge in [-0.2, -0.15) is 5.10 Å². The van der Waals surface area contributed by atoms with Crippen LogP contribution in [0.2, 0.25) is 0 Å². The molecule has 66 valence electrons. The molecule has 1 amide bonds. The second kappa shape index (κ2) is 3.87. The van der Waals surface area contributed by atoms with Crippen molar-refractivity contribution in [3.05, 3.63) is 17.5 Å². The number of rotatable bonds is 3. The van der Waals surface area contributed by atoms with Crippen molar-refractivity contribution in [2.45, 2.75) is 6.92 Å². The first kappa shape index (κ1) is 8.73. The monoisotopic (exact) mass is 168 g/mol. The minimum Gasteiger partial charge on any atom is -0.351 e. The lowest BCUT2D eigenvalue weighted by Gasteiger charge is -2.00. The summed E-state index contributed by atoms with van der Waals surface area (Å²) in [6.45, 7) is 2.73. The van der Waals surface area contributed by atoms with Crippen molar-refractivity contribution in [3.63, 3.8) is 0 Å². The summed E-state index contributed by atoms with van der Waals surface area (Å²) in [5.74, 6) is -0.133. The molecule has 0 aliphatic heterocycles. The molecule has 0 aliphatic carbocycles. The minimum atomic E-state index is -0.133. The first-order valence-electron chi connectivity index (χ1n) is 3.74. The topological polar surface area (TPSA) is 83.8 Å². The highest BCUT2D eigenvalue weighted by Crippen LogP contribution is 2.00. The number of aromatic amines is 1. The van der Waals surface area contributed by atoms with E-state index < -0.39 is 0 Å². The van der Waals surface area contributed by atoms with Gasteiger partial charge in [-0.15, -0.1) is 0 Å². The molecule has 5 nitrogen and oxygen atoms in total. The van der Waals surface area contributed by atoms with Crippen LogP contribution in [0.1, 0.15) is 16.1 Å². The first-order chi connectivity index (χ1) is 5.75. The fraction of sp³-hybridized carbons (Fsp3) is 0.429. The molecular formula is C7H12N4O. The number of hydrogen-bond donors (Lipinski definition) is 3. The van der Waals surface area contributed by atoms with Crippen LogP contribution in [0.25, 0.3) is 0 Å². The Bertz CT molecular complexity index is 268. The molecule has 0 atom stereocenters.